The predicted molar refractivity (Wildman–Crippen MR) is 50.7 cm³/mol. The van der Waals surface area contributed by atoms with Gasteiger partial charge in [-0.3, -0.25) is 0 Å². The van der Waals surface area contributed by atoms with Crippen LogP contribution in [0.4, 0.5) is 0 Å². The van der Waals surface area contributed by atoms with Crippen LogP contribution >= 0.6 is 25.3 Å². The van der Waals surface area contributed by atoms with Crippen molar-refractivity contribution in [2.24, 2.45) is 5.41 Å². The number of hydrogen-bond acceptors (Lipinski definition) is 2. The normalized spacial score (nSPS) is 15.7. The largest absolute Gasteiger partial charge is 0.178 e. The van der Waals surface area contributed by atoms with Crippen molar-refractivity contribution < 1.29 is 0 Å². The molecule has 0 aromatic heterocycles. The molecule has 0 saturated carbocycles. The van der Waals surface area contributed by atoms with Crippen molar-refractivity contribution in [1.29, 1.82) is 0 Å². The van der Waals surface area contributed by atoms with Gasteiger partial charge in [-0.25, -0.2) is 0 Å². The maximum Gasteiger partial charge on any atom is 0.0156 e. The minimum Gasteiger partial charge on any atom is -0.178 e. The third kappa shape index (κ3) is 2.85. The summed E-state index contributed by atoms with van der Waals surface area (Å²) in [5.74, 6) is 0.865. The second-order valence-corrected chi connectivity index (χ2v) is 4.03. The molecule has 0 nitrogen and oxygen atoms in total. The summed E-state index contributed by atoms with van der Waals surface area (Å²) in [6.07, 6.45) is 1.17. The molecule has 0 amide bonds. The van der Waals surface area contributed by atoms with Crippen molar-refractivity contribution in [3.8, 4) is 0 Å². The minimum absolute atomic E-state index is 0.338. The van der Waals surface area contributed by atoms with Gasteiger partial charge in [-0.05, 0) is 11.8 Å². The van der Waals surface area contributed by atoms with Crippen molar-refractivity contribution in [2.45, 2.75) is 32.4 Å². The zero-order chi connectivity index (χ0) is 7.49. The fraction of sp³-hybridized carbons (Fsp3) is 1.00. The Labute approximate surface area is 69.2 Å². The Morgan fingerprint density at radius 3 is 2.00 bits per heavy atom. The summed E-state index contributed by atoms with van der Waals surface area (Å²) in [7, 11) is 0. The Morgan fingerprint density at radius 1 is 1.44 bits per heavy atom. The van der Waals surface area contributed by atoms with Gasteiger partial charge in [-0.1, -0.05) is 20.8 Å². The molecule has 0 rings (SSSR count). The molecule has 0 bridgehead atoms. The lowest BCUT2D eigenvalue weighted by Gasteiger charge is -2.28. The van der Waals surface area contributed by atoms with E-state index in [0.717, 1.165) is 5.75 Å². The molecule has 0 aliphatic heterocycles. The summed E-state index contributed by atoms with van der Waals surface area (Å²) in [5, 5.41) is 0.422. The van der Waals surface area contributed by atoms with Crippen LogP contribution in [0.5, 0.6) is 0 Å². The minimum atomic E-state index is 0.338. The SMILES string of the molecule is CCC(C)(C)C(S)CS. The van der Waals surface area contributed by atoms with Crippen molar-refractivity contribution in [2.75, 3.05) is 5.75 Å². The van der Waals surface area contributed by atoms with E-state index in [2.05, 4.69) is 46.0 Å². The molecule has 0 heterocycles. The van der Waals surface area contributed by atoms with Crippen LogP contribution in [0.3, 0.4) is 0 Å². The molecule has 56 valence electrons. The van der Waals surface area contributed by atoms with E-state index in [1.54, 1.807) is 0 Å². The van der Waals surface area contributed by atoms with Gasteiger partial charge in [0, 0.05) is 11.0 Å². The monoisotopic (exact) mass is 164 g/mol. The van der Waals surface area contributed by atoms with E-state index in [9.17, 15) is 0 Å². The summed E-state index contributed by atoms with van der Waals surface area (Å²) in [4.78, 5) is 0. The number of rotatable bonds is 3. The lowest BCUT2D eigenvalue weighted by Crippen LogP contribution is -2.25. The summed E-state index contributed by atoms with van der Waals surface area (Å²) < 4.78 is 0. The van der Waals surface area contributed by atoms with Crippen LogP contribution in [0.2, 0.25) is 0 Å². The van der Waals surface area contributed by atoms with Gasteiger partial charge in [-0.2, -0.15) is 25.3 Å². The van der Waals surface area contributed by atoms with Crippen LogP contribution in [-0.2, 0) is 0 Å². The Kier molecular flexibility index (Phi) is 4.06. The van der Waals surface area contributed by atoms with E-state index in [4.69, 9.17) is 0 Å². The zero-order valence-electron chi connectivity index (χ0n) is 6.39. The van der Waals surface area contributed by atoms with Crippen molar-refractivity contribution in [3.63, 3.8) is 0 Å². The molecule has 2 heteroatoms. The highest BCUT2D eigenvalue weighted by molar-refractivity contribution is 7.84. The van der Waals surface area contributed by atoms with Gasteiger partial charge in [0.25, 0.3) is 0 Å². The summed E-state index contributed by atoms with van der Waals surface area (Å²) in [6.45, 7) is 6.63. The van der Waals surface area contributed by atoms with Crippen LogP contribution in [0.25, 0.3) is 0 Å². The fourth-order valence-corrected chi connectivity index (χ4v) is 1.16. The fourth-order valence-electron chi connectivity index (χ4n) is 0.483. The van der Waals surface area contributed by atoms with Crippen molar-refractivity contribution in [1.82, 2.24) is 0 Å². The van der Waals surface area contributed by atoms with E-state index in [1.807, 2.05) is 0 Å². The third-order valence-corrected chi connectivity index (χ3v) is 3.52. The highest BCUT2D eigenvalue weighted by Gasteiger charge is 2.22. The third-order valence-electron chi connectivity index (χ3n) is 1.99. The van der Waals surface area contributed by atoms with Gasteiger partial charge in [-0.15, -0.1) is 0 Å². The first-order valence-corrected chi connectivity index (χ1v) is 4.48. The Balaban J connectivity index is 3.80. The summed E-state index contributed by atoms with van der Waals surface area (Å²) in [5.41, 5.74) is 0.338. The van der Waals surface area contributed by atoms with Gasteiger partial charge >= 0.3 is 0 Å². The van der Waals surface area contributed by atoms with Gasteiger partial charge < -0.3 is 0 Å². The molecule has 0 aliphatic carbocycles. The quantitative estimate of drug-likeness (QED) is 0.589. The molecule has 0 saturated heterocycles. The lowest BCUT2D eigenvalue weighted by molar-refractivity contribution is 0.354. The van der Waals surface area contributed by atoms with Gasteiger partial charge in [0.1, 0.15) is 0 Å². The molecule has 0 aromatic carbocycles. The second-order valence-electron chi connectivity index (χ2n) is 3.04. The maximum atomic E-state index is 4.41. The molecular formula is C7H16S2. The zero-order valence-corrected chi connectivity index (χ0v) is 8.17. The van der Waals surface area contributed by atoms with E-state index >= 15 is 0 Å². The first kappa shape index (κ1) is 9.70. The number of thiol groups is 2. The van der Waals surface area contributed by atoms with Crippen molar-refractivity contribution in [3.05, 3.63) is 0 Å². The van der Waals surface area contributed by atoms with Gasteiger partial charge in [0.2, 0.25) is 0 Å². The number of hydrogen-bond donors (Lipinski definition) is 2. The molecule has 0 N–H and O–H groups in total. The highest BCUT2D eigenvalue weighted by Crippen LogP contribution is 2.29. The lowest BCUT2D eigenvalue weighted by atomic mass is 9.87. The topological polar surface area (TPSA) is 0 Å². The predicted octanol–water partition coefficient (Wildman–Crippen LogP) is 2.65. The molecule has 1 atom stereocenters. The Hall–Kier alpha value is 0.700. The molecule has 0 aromatic rings. The summed E-state index contributed by atoms with van der Waals surface area (Å²) in [6, 6.07) is 0. The van der Waals surface area contributed by atoms with E-state index in [0.29, 0.717) is 10.7 Å². The molecule has 9 heavy (non-hydrogen) atoms. The van der Waals surface area contributed by atoms with Gasteiger partial charge in [0.05, 0.1) is 0 Å². The van der Waals surface area contributed by atoms with E-state index in [-0.39, 0.29) is 0 Å². The first-order valence-electron chi connectivity index (χ1n) is 3.33. The van der Waals surface area contributed by atoms with Crippen molar-refractivity contribution >= 4 is 25.3 Å². The van der Waals surface area contributed by atoms with Crippen LogP contribution in [0, 0.1) is 5.41 Å². The smallest absolute Gasteiger partial charge is 0.0156 e. The summed E-state index contributed by atoms with van der Waals surface area (Å²) >= 11 is 8.60. The Bertz CT molecular complexity index is 79.0. The standard InChI is InChI=1S/C7H16S2/c1-4-7(2,3)6(9)5-8/h6,8-9H,4-5H2,1-3H3. The van der Waals surface area contributed by atoms with Crippen LogP contribution < -0.4 is 0 Å². The Morgan fingerprint density at radius 2 is 1.89 bits per heavy atom. The molecule has 0 aliphatic rings. The molecule has 0 radical (unpaired) electrons. The van der Waals surface area contributed by atoms with Crippen LogP contribution in [-0.4, -0.2) is 11.0 Å². The average Bonchev–Trinajstić information content (AvgIpc) is 1.86. The highest BCUT2D eigenvalue weighted by atomic mass is 32.1. The molecule has 0 fully saturated rings. The first-order chi connectivity index (χ1) is 4.04. The van der Waals surface area contributed by atoms with Crippen LogP contribution in [0.15, 0.2) is 0 Å². The molecule has 0 spiro atoms. The van der Waals surface area contributed by atoms with E-state index in [1.165, 1.54) is 6.42 Å². The van der Waals surface area contributed by atoms with Crippen LogP contribution in [0.1, 0.15) is 27.2 Å². The molecule has 1 unspecified atom stereocenters. The molecular weight excluding hydrogens is 148 g/mol. The second kappa shape index (κ2) is 3.77. The maximum absolute atomic E-state index is 4.41. The average molecular weight is 164 g/mol. The van der Waals surface area contributed by atoms with E-state index < -0.39 is 0 Å². The van der Waals surface area contributed by atoms with Gasteiger partial charge in [0.15, 0.2) is 0 Å².